The molecule has 4 unspecified atom stereocenters. The van der Waals surface area contributed by atoms with Crippen molar-refractivity contribution < 1.29 is 38.8 Å². The van der Waals surface area contributed by atoms with Crippen molar-refractivity contribution >= 4 is 17.9 Å². The standard InChI is InChI=1S/C23H22O8/c1-15(24)30-20-18(31-22(27)17-10-6-3-7-11-17)12-13-19(25)23(20,28)14-29-21(26)16-8-4-2-5-9-16/h2-13,18-20,25,28H,14H2,1H3. The van der Waals surface area contributed by atoms with E-state index in [4.69, 9.17) is 14.2 Å². The molecule has 1 aliphatic rings. The highest BCUT2D eigenvalue weighted by Crippen LogP contribution is 2.31. The van der Waals surface area contributed by atoms with Gasteiger partial charge >= 0.3 is 17.9 Å². The van der Waals surface area contributed by atoms with Crippen LogP contribution in [0.25, 0.3) is 0 Å². The van der Waals surface area contributed by atoms with Crippen molar-refractivity contribution in [1.29, 1.82) is 0 Å². The molecule has 0 bridgehead atoms. The van der Waals surface area contributed by atoms with E-state index in [0.717, 1.165) is 6.92 Å². The number of ether oxygens (including phenoxy) is 3. The minimum atomic E-state index is -2.24. The molecule has 3 rings (SSSR count). The topological polar surface area (TPSA) is 119 Å². The normalized spacial score (nSPS) is 24.8. The molecule has 2 aromatic carbocycles. The zero-order chi connectivity index (χ0) is 22.4. The lowest BCUT2D eigenvalue weighted by atomic mass is 9.82. The average Bonchev–Trinajstić information content (AvgIpc) is 2.78. The molecule has 0 amide bonds. The summed E-state index contributed by atoms with van der Waals surface area (Å²) in [7, 11) is 0. The molecule has 0 saturated carbocycles. The number of hydrogen-bond acceptors (Lipinski definition) is 8. The van der Waals surface area contributed by atoms with Gasteiger partial charge in [0.1, 0.15) is 12.7 Å². The minimum absolute atomic E-state index is 0.239. The lowest BCUT2D eigenvalue weighted by molar-refractivity contribution is -0.205. The van der Waals surface area contributed by atoms with E-state index in [-0.39, 0.29) is 11.1 Å². The first-order valence-electron chi connectivity index (χ1n) is 9.55. The number of rotatable bonds is 6. The summed E-state index contributed by atoms with van der Waals surface area (Å²) < 4.78 is 15.8. The van der Waals surface area contributed by atoms with Crippen LogP contribution in [0.2, 0.25) is 0 Å². The highest BCUT2D eigenvalue weighted by molar-refractivity contribution is 5.90. The zero-order valence-electron chi connectivity index (χ0n) is 16.7. The van der Waals surface area contributed by atoms with Crippen LogP contribution in [0, 0.1) is 0 Å². The van der Waals surface area contributed by atoms with Crippen molar-refractivity contribution in [2.75, 3.05) is 6.61 Å². The van der Waals surface area contributed by atoms with Crippen LogP contribution in [0.5, 0.6) is 0 Å². The van der Waals surface area contributed by atoms with Gasteiger partial charge in [0.2, 0.25) is 0 Å². The fourth-order valence-electron chi connectivity index (χ4n) is 3.16. The van der Waals surface area contributed by atoms with Crippen molar-refractivity contribution in [3.05, 3.63) is 83.9 Å². The van der Waals surface area contributed by atoms with E-state index in [1.165, 1.54) is 24.3 Å². The lowest BCUT2D eigenvalue weighted by Crippen LogP contribution is -2.63. The van der Waals surface area contributed by atoms with Crippen LogP contribution in [0.3, 0.4) is 0 Å². The molecule has 0 spiro atoms. The van der Waals surface area contributed by atoms with Gasteiger partial charge in [-0.25, -0.2) is 9.59 Å². The highest BCUT2D eigenvalue weighted by Gasteiger charge is 2.53. The van der Waals surface area contributed by atoms with Crippen LogP contribution in [-0.4, -0.2) is 58.6 Å². The maximum atomic E-state index is 12.5. The molecule has 162 valence electrons. The summed E-state index contributed by atoms with van der Waals surface area (Å²) in [6.07, 6.45) is -1.78. The fourth-order valence-corrected chi connectivity index (χ4v) is 3.16. The van der Waals surface area contributed by atoms with Crippen molar-refractivity contribution in [3.8, 4) is 0 Å². The molecule has 0 aliphatic heterocycles. The van der Waals surface area contributed by atoms with Crippen LogP contribution in [0.15, 0.2) is 72.8 Å². The summed E-state index contributed by atoms with van der Waals surface area (Å²) >= 11 is 0. The Hall–Kier alpha value is -3.49. The van der Waals surface area contributed by atoms with E-state index in [0.29, 0.717) is 0 Å². The molecule has 0 heterocycles. The maximum Gasteiger partial charge on any atom is 0.338 e. The summed E-state index contributed by atoms with van der Waals surface area (Å²) in [6, 6.07) is 16.2. The quantitative estimate of drug-likeness (QED) is 0.407. The van der Waals surface area contributed by atoms with Gasteiger partial charge in [-0.1, -0.05) is 42.5 Å². The third-order valence-electron chi connectivity index (χ3n) is 4.78. The number of carbonyl (C=O) groups excluding carboxylic acids is 3. The first-order valence-corrected chi connectivity index (χ1v) is 9.55. The molecule has 31 heavy (non-hydrogen) atoms. The van der Waals surface area contributed by atoms with Crippen LogP contribution in [-0.2, 0) is 19.0 Å². The second-order valence-corrected chi connectivity index (χ2v) is 7.03. The van der Waals surface area contributed by atoms with Crippen molar-refractivity contribution in [1.82, 2.24) is 0 Å². The van der Waals surface area contributed by atoms with Gasteiger partial charge in [0, 0.05) is 6.92 Å². The largest absolute Gasteiger partial charge is 0.459 e. The first kappa shape index (κ1) is 22.2. The fraction of sp³-hybridized carbons (Fsp3) is 0.261. The van der Waals surface area contributed by atoms with Crippen LogP contribution < -0.4 is 0 Å². The third-order valence-corrected chi connectivity index (χ3v) is 4.78. The number of benzene rings is 2. The Morgan fingerprint density at radius 3 is 1.97 bits per heavy atom. The van der Waals surface area contributed by atoms with Gasteiger partial charge in [-0.3, -0.25) is 4.79 Å². The zero-order valence-corrected chi connectivity index (χ0v) is 16.7. The molecular formula is C23H22O8. The Bertz CT molecular complexity index is 956. The van der Waals surface area contributed by atoms with E-state index in [1.54, 1.807) is 48.5 Å². The molecule has 8 nitrogen and oxygen atoms in total. The summed E-state index contributed by atoms with van der Waals surface area (Å²) in [6.45, 7) is 0.404. The molecule has 2 aromatic rings. The summed E-state index contributed by atoms with van der Waals surface area (Å²) in [5.74, 6) is -2.23. The lowest BCUT2D eigenvalue weighted by Gasteiger charge is -2.42. The number of carbonyl (C=O) groups is 3. The molecule has 0 saturated heterocycles. The van der Waals surface area contributed by atoms with Gasteiger partial charge in [0.05, 0.1) is 11.1 Å². The second kappa shape index (κ2) is 9.55. The van der Waals surface area contributed by atoms with E-state index in [2.05, 4.69) is 0 Å². The molecule has 0 radical (unpaired) electrons. The summed E-state index contributed by atoms with van der Waals surface area (Å²) in [5.41, 5.74) is -1.75. The number of hydrogen-bond donors (Lipinski definition) is 2. The van der Waals surface area contributed by atoms with Crippen LogP contribution >= 0.6 is 0 Å². The third kappa shape index (κ3) is 5.17. The van der Waals surface area contributed by atoms with Crippen LogP contribution in [0.1, 0.15) is 27.6 Å². The van der Waals surface area contributed by atoms with Crippen molar-refractivity contribution in [2.24, 2.45) is 0 Å². The van der Waals surface area contributed by atoms with E-state index >= 15 is 0 Å². The maximum absolute atomic E-state index is 12.5. The molecule has 0 aromatic heterocycles. The van der Waals surface area contributed by atoms with Crippen LogP contribution in [0.4, 0.5) is 0 Å². The van der Waals surface area contributed by atoms with E-state index in [1.807, 2.05) is 0 Å². The van der Waals surface area contributed by atoms with Gasteiger partial charge in [-0.05, 0) is 30.3 Å². The minimum Gasteiger partial charge on any atom is -0.459 e. The highest BCUT2D eigenvalue weighted by atomic mass is 16.6. The summed E-state index contributed by atoms with van der Waals surface area (Å²) in [5, 5.41) is 21.6. The molecule has 4 atom stereocenters. The van der Waals surface area contributed by atoms with E-state index in [9.17, 15) is 24.6 Å². The molecule has 8 heteroatoms. The van der Waals surface area contributed by atoms with Gasteiger partial charge < -0.3 is 24.4 Å². The Labute approximate surface area is 178 Å². The Morgan fingerprint density at radius 1 is 0.871 bits per heavy atom. The Morgan fingerprint density at radius 2 is 1.42 bits per heavy atom. The van der Waals surface area contributed by atoms with Gasteiger partial charge in [-0.15, -0.1) is 0 Å². The Kier molecular flexibility index (Phi) is 6.84. The molecule has 1 aliphatic carbocycles. The number of esters is 3. The summed E-state index contributed by atoms with van der Waals surface area (Å²) in [4.78, 5) is 36.4. The molecule has 0 fully saturated rings. The number of aliphatic hydroxyl groups excluding tert-OH is 1. The first-order chi connectivity index (χ1) is 14.8. The second-order valence-electron chi connectivity index (χ2n) is 7.03. The number of aliphatic hydroxyl groups is 2. The van der Waals surface area contributed by atoms with Crippen molar-refractivity contribution in [3.63, 3.8) is 0 Å². The Balaban J connectivity index is 1.81. The van der Waals surface area contributed by atoms with Gasteiger partial charge in [-0.2, -0.15) is 0 Å². The smallest absolute Gasteiger partial charge is 0.338 e. The average molecular weight is 426 g/mol. The van der Waals surface area contributed by atoms with Gasteiger partial charge in [0.15, 0.2) is 17.8 Å². The predicted octanol–water partition coefficient (Wildman–Crippen LogP) is 1.66. The predicted molar refractivity (Wildman–Crippen MR) is 108 cm³/mol. The molecular weight excluding hydrogens is 404 g/mol. The molecule has 2 N–H and O–H groups in total. The SMILES string of the molecule is CC(=O)OC1C(OC(=O)c2ccccc2)C=CC(O)C1(O)COC(=O)c1ccccc1. The van der Waals surface area contributed by atoms with Gasteiger partial charge in [0.25, 0.3) is 0 Å². The van der Waals surface area contributed by atoms with Crippen molar-refractivity contribution in [2.45, 2.75) is 30.8 Å². The monoisotopic (exact) mass is 426 g/mol. The van der Waals surface area contributed by atoms with E-state index < -0.39 is 48.4 Å².